The van der Waals surface area contributed by atoms with Crippen molar-refractivity contribution in [2.24, 2.45) is 0 Å². The van der Waals surface area contributed by atoms with Gasteiger partial charge in [0, 0.05) is 35.1 Å². The maximum Gasteiger partial charge on any atom is 0.225 e. The minimum absolute atomic E-state index is 0.0252. The molecule has 22 heavy (non-hydrogen) atoms. The van der Waals surface area contributed by atoms with E-state index >= 15 is 0 Å². The number of fused-ring (bicyclic) bond motifs is 1. The smallest absolute Gasteiger partial charge is 0.225 e. The Hall–Kier alpha value is -2.20. The molecule has 114 valence electrons. The monoisotopic (exact) mass is 317 g/mol. The Morgan fingerprint density at radius 1 is 1.14 bits per heavy atom. The van der Waals surface area contributed by atoms with Crippen molar-refractivity contribution in [3.63, 3.8) is 0 Å². The van der Waals surface area contributed by atoms with E-state index in [2.05, 4.69) is 5.32 Å². The fourth-order valence-electron chi connectivity index (χ4n) is 2.82. The van der Waals surface area contributed by atoms with Gasteiger partial charge < -0.3 is 14.8 Å². The fourth-order valence-corrected chi connectivity index (χ4v) is 2.95. The molecule has 1 N–H and O–H groups in total. The Labute approximate surface area is 134 Å². The first-order valence-corrected chi connectivity index (χ1v) is 7.31. The topological polar surface area (TPSA) is 47.6 Å². The summed E-state index contributed by atoms with van der Waals surface area (Å²) in [5.74, 6) is 1.26. The summed E-state index contributed by atoms with van der Waals surface area (Å²) in [6, 6.07) is 11.2. The summed E-state index contributed by atoms with van der Waals surface area (Å²) in [5, 5.41) is 3.57. The van der Waals surface area contributed by atoms with E-state index in [1.165, 1.54) is 0 Å². The zero-order valence-electron chi connectivity index (χ0n) is 12.4. The van der Waals surface area contributed by atoms with Crippen molar-refractivity contribution < 1.29 is 14.3 Å². The number of anilines is 1. The summed E-state index contributed by atoms with van der Waals surface area (Å²) in [4.78, 5) is 12.1. The first kappa shape index (κ1) is 14.7. The molecule has 1 aliphatic heterocycles. The van der Waals surface area contributed by atoms with Crippen LogP contribution >= 0.6 is 11.6 Å². The third-order valence-corrected chi connectivity index (χ3v) is 4.11. The highest BCUT2D eigenvalue weighted by Crippen LogP contribution is 2.44. The van der Waals surface area contributed by atoms with Gasteiger partial charge in [-0.2, -0.15) is 0 Å². The summed E-state index contributed by atoms with van der Waals surface area (Å²) in [5.41, 5.74) is 2.72. The van der Waals surface area contributed by atoms with Crippen LogP contribution in [0, 0.1) is 0 Å². The maximum atomic E-state index is 12.1. The number of hydrogen-bond acceptors (Lipinski definition) is 3. The van der Waals surface area contributed by atoms with Gasteiger partial charge in [0.25, 0.3) is 0 Å². The number of amides is 1. The van der Waals surface area contributed by atoms with E-state index < -0.39 is 0 Å². The standard InChI is InChI=1S/C17H16ClNO3/c1-21-12-7-14-17(15(8-12)22-2)13(9-16(20)19-14)10-3-5-11(18)6-4-10/h3-8,13H,9H2,1-2H3,(H,19,20)/t13-/m1/s1. The lowest BCUT2D eigenvalue weighted by molar-refractivity contribution is -0.116. The first-order chi connectivity index (χ1) is 10.6. The van der Waals surface area contributed by atoms with Crippen LogP contribution in [0.3, 0.4) is 0 Å². The number of carbonyl (C=O) groups is 1. The van der Waals surface area contributed by atoms with Gasteiger partial charge in [-0.15, -0.1) is 0 Å². The third-order valence-electron chi connectivity index (χ3n) is 3.86. The quantitative estimate of drug-likeness (QED) is 0.936. The molecule has 1 atom stereocenters. The Morgan fingerprint density at radius 3 is 2.50 bits per heavy atom. The lowest BCUT2D eigenvalue weighted by Crippen LogP contribution is -2.24. The fraction of sp³-hybridized carbons (Fsp3) is 0.235. The molecule has 0 bridgehead atoms. The number of carbonyl (C=O) groups excluding carboxylic acids is 1. The number of nitrogens with one attached hydrogen (secondary N) is 1. The Bertz CT molecular complexity index is 713. The van der Waals surface area contributed by atoms with Gasteiger partial charge in [0.15, 0.2) is 0 Å². The molecule has 0 aromatic heterocycles. The molecule has 0 saturated carbocycles. The number of benzene rings is 2. The Balaban J connectivity index is 2.15. The first-order valence-electron chi connectivity index (χ1n) is 6.93. The van der Waals surface area contributed by atoms with Crippen LogP contribution in [0.5, 0.6) is 11.5 Å². The van der Waals surface area contributed by atoms with Crippen LogP contribution in [0.25, 0.3) is 0 Å². The maximum absolute atomic E-state index is 12.1. The largest absolute Gasteiger partial charge is 0.497 e. The summed E-state index contributed by atoms with van der Waals surface area (Å²) in [6.45, 7) is 0. The molecule has 0 radical (unpaired) electrons. The highest BCUT2D eigenvalue weighted by atomic mass is 35.5. The number of halogens is 1. The van der Waals surface area contributed by atoms with E-state index in [0.717, 1.165) is 16.8 Å². The second-order valence-corrected chi connectivity index (χ2v) is 5.58. The van der Waals surface area contributed by atoms with Crippen LogP contribution in [-0.2, 0) is 4.79 Å². The predicted molar refractivity (Wildman–Crippen MR) is 86.1 cm³/mol. The van der Waals surface area contributed by atoms with Crippen molar-refractivity contribution in [2.75, 3.05) is 19.5 Å². The van der Waals surface area contributed by atoms with Crippen molar-refractivity contribution >= 4 is 23.2 Å². The van der Waals surface area contributed by atoms with Crippen LogP contribution < -0.4 is 14.8 Å². The zero-order valence-corrected chi connectivity index (χ0v) is 13.1. The number of ether oxygens (including phenoxy) is 2. The molecule has 0 unspecified atom stereocenters. The molecular formula is C17H16ClNO3. The van der Waals surface area contributed by atoms with Gasteiger partial charge in [-0.25, -0.2) is 0 Å². The SMILES string of the molecule is COc1cc2c(c(OC)c1)[C@@H](c1ccc(Cl)cc1)CC(=O)N2. The molecule has 4 nitrogen and oxygen atoms in total. The average Bonchev–Trinajstić information content (AvgIpc) is 2.53. The van der Waals surface area contributed by atoms with Gasteiger partial charge in [0.2, 0.25) is 5.91 Å². The molecule has 0 fully saturated rings. The van der Waals surface area contributed by atoms with Gasteiger partial charge >= 0.3 is 0 Å². The normalized spacial score (nSPS) is 16.7. The highest BCUT2D eigenvalue weighted by molar-refractivity contribution is 6.30. The minimum atomic E-state index is -0.0677. The molecule has 3 rings (SSSR count). The second-order valence-electron chi connectivity index (χ2n) is 5.15. The van der Waals surface area contributed by atoms with Gasteiger partial charge in [-0.1, -0.05) is 23.7 Å². The molecule has 5 heteroatoms. The molecule has 0 spiro atoms. The van der Waals surface area contributed by atoms with Crippen LogP contribution in [0.2, 0.25) is 5.02 Å². The molecule has 2 aromatic rings. The van der Waals surface area contributed by atoms with Crippen molar-refractivity contribution in [3.05, 3.63) is 52.5 Å². The highest BCUT2D eigenvalue weighted by Gasteiger charge is 2.30. The average molecular weight is 318 g/mol. The molecule has 1 amide bonds. The van der Waals surface area contributed by atoms with Crippen molar-refractivity contribution in [1.82, 2.24) is 0 Å². The zero-order chi connectivity index (χ0) is 15.7. The summed E-state index contributed by atoms with van der Waals surface area (Å²) in [7, 11) is 3.20. The molecule has 0 aliphatic carbocycles. The van der Waals surface area contributed by atoms with Crippen LogP contribution in [0.1, 0.15) is 23.5 Å². The molecule has 1 aliphatic rings. The summed E-state index contributed by atoms with van der Waals surface area (Å²) in [6.07, 6.45) is 0.372. The molecular weight excluding hydrogens is 302 g/mol. The summed E-state index contributed by atoms with van der Waals surface area (Å²) < 4.78 is 10.8. The Kier molecular flexibility index (Phi) is 3.94. The number of hydrogen-bond donors (Lipinski definition) is 1. The van der Waals surface area contributed by atoms with Crippen LogP contribution in [0.4, 0.5) is 5.69 Å². The number of methoxy groups -OCH3 is 2. The second kappa shape index (κ2) is 5.89. The molecule has 1 heterocycles. The molecule has 0 saturated heterocycles. The number of rotatable bonds is 3. The Morgan fingerprint density at radius 2 is 1.86 bits per heavy atom. The lowest BCUT2D eigenvalue weighted by atomic mass is 9.84. The van der Waals surface area contributed by atoms with E-state index in [1.807, 2.05) is 36.4 Å². The minimum Gasteiger partial charge on any atom is -0.497 e. The lowest BCUT2D eigenvalue weighted by Gasteiger charge is -2.28. The van der Waals surface area contributed by atoms with Gasteiger partial charge in [-0.05, 0) is 17.7 Å². The van der Waals surface area contributed by atoms with Crippen LogP contribution in [0.15, 0.2) is 36.4 Å². The van der Waals surface area contributed by atoms with E-state index in [9.17, 15) is 4.79 Å². The van der Waals surface area contributed by atoms with E-state index in [-0.39, 0.29) is 11.8 Å². The van der Waals surface area contributed by atoms with Crippen LogP contribution in [-0.4, -0.2) is 20.1 Å². The van der Waals surface area contributed by atoms with E-state index in [4.69, 9.17) is 21.1 Å². The van der Waals surface area contributed by atoms with Crippen molar-refractivity contribution in [2.45, 2.75) is 12.3 Å². The van der Waals surface area contributed by atoms with Gasteiger partial charge in [0.1, 0.15) is 11.5 Å². The van der Waals surface area contributed by atoms with Gasteiger partial charge in [0.05, 0.1) is 19.9 Å². The van der Waals surface area contributed by atoms with Gasteiger partial charge in [-0.3, -0.25) is 4.79 Å². The summed E-state index contributed by atoms with van der Waals surface area (Å²) >= 11 is 5.96. The molecule has 2 aromatic carbocycles. The van der Waals surface area contributed by atoms with E-state index in [0.29, 0.717) is 22.9 Å². The van der Waals surface area contributed by atoms with Crippen molar-refractivity contribution in [1.29, 1.82) is 0 Å². The van der Waals surface area contributed by atoms with E-state index in [1.54, 1.807) is 14.2 Å². The predicted octanol–water partition coefficient (Wildman–Crippen LogP) is 3.83. The third kappa shape index (κ3) is 2.62. The van der Waals surface area contributed by atoms with Crippen molar-refractivity contribution in [3.8, 4) is 11.5 Å².